The minimum Gasteiger partial charge on any atom is -0.362 e. The van der Waals surface area contributed by atoms with Gasteiger partial charge in [-0.15, -0.1) is 0 Å². The first-order valence-corrected chi connectivity index (χ1v) is 11.5. The number of H-pyrrole nitrogens is 2. The monoisotopic (exact) mass is 418 g/mol. The van der Waals surface area contributed by atoms with Gasteiger partial charge in [0, 0.05) is 58.4 Å². The Balaban J connectivity index is 1.13. The van der Waals surface area contributed by atoms with E-state index in [1.807, 2.05) is 0 Å². The summed E-state index contributed by atoms with van der Waals surface area (Å²) in [4.78, 5) is 10.8. The molecule has 3 heterocycles. The van der Waals surface area contributed by atoms with Crippen LogP contribution in [0, 0.1) is 6.92 Å². The molecule has 2 aromatic heterocycles. The molecule has 1 unspecified atom stereocenters. The topological polar surface area (TPSA) is 45.5 Å². The van der Waals surface area contributed by atoms with Crippen LogP contribution in [0.1, 0.15) is 54.9 Å². The van der Waals surface area contributed by atoms with Crippen LogP contribution in [0.5, 0.6) is 0 Å². The maximum Gasteiger partial charge on any atom is 0.207 e. The van der Waals surface area contributed by atoms with Gasteiger partial charge in [0.05, 0.1) is 0 Å². The molecule has 0 fully saturated rings. The molecular formula is C29H28N3+. The molecule has 32 heavy (non-hydrogen) atoms. The Bertz CT molecular complexity index is 1350. The summed E-state index contributed by atoms with van der Waals surface area (Å²) in [5.41, 5.74) is 14.3. The Kier molecular flexibility index (Phi) is 4.50. The second-order valence-corrected chi connectivity index (χ2v) is 9.31. The van der Waals surface area contributed by atoms with E-state index >= 15 is 0 Å². The van der Waals surface area contributed by atoms with E-state index in [1.165, 1.54) is 62.0 Å². The third-order valence-electron chi connectivity index (χ3n) is 6.88. The standard InChI is InChI=1S/C29H27N3/c1-18-3-5-20(15-18)26-11-12-27(31-26)23-8-9-24(17-23)29-14-13-28(32-29)22-7-6-21(16-22)25-10-4-19(2)30-25/h3-14,21,30-31H,15-17H2,1-2H3/p+1/b28-22+. The van der Waals surface area contributed by atoms with Crippen LogP contribution in [0.2, 0.25) is 0 Å². The SMILES string of the molecule is CC1=CC=C(c2ccc(C3=CC=C(C4=[NH+]/C(=C5\C=CC(c6ccc(C)[nH]6)C5)C=C4)C3)[nH]2)C1. The van der Waals surface area contributed by atoms with Gasteiger partial charge in [0.15, 0.2) is 0 Å². The molecule has 0 bridgehead atoms. The van der Waals surface area contributed by atoms with Crippen LogP contribution in [-0.2, 0) is 0 Å². The maximum atomic E-state index is 3.67. The lowest BCUT2D eigenvalue weighted by atomic mass is 10.0. The number of hydrogen-bond donors (Lipinski definition) is 3. The van der Waals surface area contributed by atoms with Gasteiger partial charge in [0.25, 0.3) is 0 Å². The van der Waals surface area contributed by atoms with E-state index in [9.17, 15) is 0 Å². The number of nitrogens with one attached hydrogen (secondary N) is 3. The molecule has 6 rings (SSSR count). The van der Waals surface area contributed by atoms with Crippen molar-refractivity contribution in [2.45, 2.75) is 39.0 Å². The molecule has 0 aromatic carbocycles. The van der Waals surface area contributed by atoms with Crippen molar-refractivity contribution in [1.29, 1.82) is 0 Å². The van der Waals surface area contributed by atoms with Crippen LogP contribution in [-0.4, -0.2) is 15.7 Å². The highest BCUT2D eigenvalue weighted by molar-refractivity contribution is 6.08. The molecule has 3 aliphatic carbocycles. The molecule has 0 radical (unpaired) electrons. The van der Waals surface area contributed by atoms with Crippen LogP contribution in [0.3, 0.4) is 0 Å². The van der Waals surface area contributed by atoms with Crippen LogP contribution in [0.4, 0.5) is 0 Å². The maximum absolute atomic E-state index is 3.67. The Labute approximate surface area is 189 Å². The molecule has 0 spiro atoms. The van der Waals surface area contributed by atoms with Crippen LogP contribution < -0.4 is 4.99 Å². The molecule has 0 amide bonds. The highest BCUT2D eigenvalue weighted by Crippen LogP contribution is 2.34. The summed E-state index contributed by atoms with van der Waals surface area (Å²) < 4.78 is 0. The van der Waals surface area contributed by atoms with Crippen LogP contribution >= 0.6 is 0 Å². The van der Waals surface area contributed by atoms with Gasteiger partial charge in [0.2, 0.25) is 11.4 Å². The van der Waals surface area contributed by atoms with E-state index in [1.54, 1.807) is 0 Å². The zero-order valence-electron chi connectivity index (χ0n) is 18.6. The normalized spacial score (nSPS) is 24.2. The summed E-state index contributed by atoms with van der Waals surface area (Å²) in [6, 6.07) is 8.79. The Morgan fingerprint density at radius 1 is 0.781 bits per heavy atom. The number of aromatic amines is 2. The van der Waals surface area contributed by atoms with Crippen molar-refractivity contribution in [3.05, 3.63) is 118 Å². The second kappa shape index (κ2) is 7.52. The molecule has 0 saturated carbocycles. The average molecular weight is 419 g/mol. The van der Waals surface area contributed by atoms with Gasteiger partial charge in [0.1, 0.15) is 0 Å². The summed E-state index contributed by atoms with van der Waals surface area (Å²) in [5, 5.41) is 0. The van der Waals surface area contributed by atoms with E-state index in [4.69, 9.17) is 0 Å². The molecule has 158 valence electrons. The first kappa shape index (κ1) is 19.1. The molecule has 3 nitrogen and oxygen atoms in total. The number of rotatable bonds is 4. The summed E-state index contributed by atoms with van der Waals surface area (Å²) in [5.74, 6) is 0.445. The van der Waals surface area contributed by atoms with Crippen molar-refractivity contribution in [2.75, 3.05) is 0 Å². The quantitative estimate of drug-likeness (QED) is 0.612. The van der Waals surface area contributed by atoms with E-state index in [0.29, 0.717) is 5.92 Å². The summed E-state index contributed by atoms with van der Waals surface area (Å²) in [6.07, 6.45) is 21.0. The zero-order chi connectivity index (χ0) is 21.7. The van der Waals surface area contributed by atoms with Crippen molar-refractivity contribution >= 4 is 16.9 Å². The predicted octanol–water partition coefficient (Wildman–Crippen LogP) is 5.19. The largest absolute Gasteiger partial charge is 0.362 e. The fourth-order valence-electron chi connectivity index (χ4n) is 5.04. The highest BCUT2D eigenvalue weighted by Gasteiger charge is 2.26. The molecule has 4 aliphatic rings. The fraction of sp³-hybridized carbons (Fsp3) is 0.207. The third-order valence-corrected chi connectivity index (χ3v) is 6.88. The summed E-state index contributed by atoms with van der Waals surface area (Å²) >= 11 is 0. The van der Waals surface area contributed by atoms with E-state index in [2.05, 4.69) is 102 Å². The van der Waals surface area contributed by atoms with Crippen molar-refractivity contribution in [3.8, 4) is 0 Å². The number of aromatic nitrogens is 2. The van der Waals surface area contributed by atoms with E-state index in [-0.39, 0.29) is 0 Å². The number of allylic oxidation sites excluding steroid dienone is 13. The van der Waals surface area contributed by atoms with Gasteiger partial charge < -0.3 is 9.97 Å². The summed E-state index contributed by atoms with van der Waals surface area (Å²) in [7, 11) is 0. The Hall–Kier alpha value is -3.59. The minimum absolute atomic E-state index is 0.445. The van der Waals surface area contributed by atoms with Gasteiger partial charge in [-0.3, -0.25) is 0 Å². The zero-order valence-corrected chi connectivity index (χ0v) is 18.6. The molecule has 3 heteroatoms. The molecular weight excluding hydrogens is 390 g/mol. The average Bonchev–Trinajstić information content (AvgIpc) is 3.61. The smallest absolute Gasteiger partial charge is 0.207 e. The lowest BCUT2D eigenvalue weighted by Gasteiger charge is -2.04. The van der Waals surface area contributed by atoms with Crippen molar-refractivity contribution in [2.24, 2.45) is 0 Å². The molecule has 0 saturated heterocycles. The lowest BCUT2D eigenvalue weighted by Crippen LogP contribution is -2.68. The van der Waals surface area contributed by atoms with Gasteiger partial charge in [-0.05, 0) is 62.1 Å². The van der Waals surface area contributed by atoms with Crippen LogP contribution in [0.15, 0.2) is 95.3 Å². The molecule has 1 aliphatic heterocycles. The van der Waals surface area contributed by atoms with Crippen LogP contribution in [0.25, 0.3) is 11.1 Å². The minimum atomic E-state index is 0.445. The fourth-order valence-corrected chi connectivity index (χ4v) is 5.04. The Morgan fingerprint density at radius 3 is 2.31 bits per heavy atom. The predicted molar refractivity (Wildman–Crippen MR) is 132 cm³/mol. The Morgan fingerprint density at radius 2 is 1.56 bits per heavy atom. The first-order valence-electron chi connectivity index (χ1n) is 11.5. The number of hydrogen-bond acceptors (Lipinski definition) is 0. The van der Waals surface area contributed by atoms with Crippen molar-refractivity contribution in [3.63, 3.8) is 0 Å². The van der Waals surface area contributed by atoms with Gasteiger partial charge >= 0.3 is 0 Å². The van der Waals surface area contributed by atoms with E-state index < -0.39 is 0 Å². The van der Waals surface area contributed by atoms with Gasteiger partial charge in [-0.25, -0.2) is 4.99 Å². The summed E-state index contributed by atoms with van der Waals surface area (Å²) in [6.45, 7) is 4.30. The lowest BCUT2D eigenvalue weighted by molar-refractivity contribution is -0.386. The molecule has 2 aromatic rings. The first-order chi connectivity index (χ1) is 15.6. The number of aryl methyl sites for hydroxylation is 1. The molecule has 3 N–H and O–H groups in total. The second-order valence-electron chi connectivity index (χ2n) is 9.31. The molecule has 1 atom stereocenters. The van der Waals surface area contributed by atoms with E-state index in [0.717, 1.165) is 19.3 Å². The van der Waals surface area contributed by atoms with Gasteiger partial charge in [-0.2, -0.15) is 0 Å². The van der Waals surface area contributed by atoms with Gasteiger partial charge in [-0.1, -0.05) is 42.0 Å². The third kappa shape index (κ3) is 3.44. The highest BCUT2D eigenvalue weighted by atomic mass is 14.8. The van der Waals surface area contributed by atoms with Crippen molar-refractivity contribution < 1.29 is 4.99 Å². The van der Waals surface area contributed by atoms with Crippen molar-refractivity contribution in [1.82, 2.24) is 9.97 Å².